The molecule has 3 aromatic rings. The van der Waals surface area contributed by atoms with E-state index in [0.29, 0.717) is 22.1 Å². The molecule has 0 aliphatic rings. The number of H-pyrrole nitrogens is 1. The average molecular weight is 308 g/mol. The summed E-state index contributed by atoms with van der Waals surface area (Å²) in [4.78, 5) is 15.7. The third-order valence-corrected chi connectivity index (χ3v) is 3.74. The van der Waals surface area contributed by atoms with Gasteiger partial charge in [-0.3, -0.25) is 4.99 Å². The highest BCUT2D eigenvalue weighted by molar-refractivity contribution is 6.35. The van der Waals surface area contributed by atoms with Crippen LogP contribution in [0.2, 0.25) is 10.0 Å². The van der Waals surface area contributed by atoms with Crippen LogP contribution in [0, 0.1) is 0 Å². The van der Waals surface area contributed by atoms with Crippen LogP contribution in [-0.4, -0.2) is 26.6 Å². The van der Waals surface area contributed by atoms with Crippen molar-refractivity contribution in [3.8, 4) is 0 Å². The van der Waals surface area contributed by atoms with Crippen molar-refractivity contribution < 1.29 is 0 Å². The number of nitrogens with zero attached hydrogens (tertiary/aromatic N) is 4. The Labute approximate surface area is 124 Å². The molecule has 102 valence electrons. The molecule has 0 radical (unpaired) electrons. The number of aromatic nitrogens is 4. The van der Waals surface area contributed by atoms with Gasteiger partial charge in [0.25, 0.3) is 0 Å². The molecule has 0 aliphatic heterocycles. The van der Waals surface area contributed by atoms with E-state index in [0.717, 1.165) is 16.7 Å². The molecule has 0 atom stereocenters. The molecule has 3 rings (SSSR count). The van der Waals surface area contributed by atoms with Gasteiger partial charge in [0.1, 0.15) is 5.52 Å². The molecule has 0 amide bonds. The van der Waals surface area contributed by atoms with Crippen LogP contribution in [0.4, 0.5) is 0 Å². The Morgan fingerprint density at radius 3 is 2.70 bits per heavy atom. The molecular formula is C13H11Cl2N5. The Morgan fingerprint density at radius 2 is 2.00 bits per heavy atom. The minimum absolute atomic E-state index is 0.497. The summed E-state index contributed by atoms with van der Waals surface area (Å²) < 4.78 is 1.88. The number of aromatic amines is 1. The van der Waals surface area contributed by atoms with Gasteiger partial charge in [-0.15, -0.1) is 0 Å². The van der Waals surface area contributed by atoms with Gasteiger partial charge in [0.2, 0.25) is 0 Å². The largest absolute Gasteiger partial charge is 0.340 e. The molecule has 0 bridgehead atoms. The lowest BCUT2D eigenvalue weighted by atomic mass is 10.2. The molecule has 0 aliphatic carbocycles. The van der Waals surface area contributed by atoms with Crippen molar-refractivity contribution in [2.24, 2.45) is 4.99 Å². The van der Waals surface area contributed by atoms with Gasteiger partial charge in [0.05, 0.1) is 19.2 Å². The number of imidazole rings is 1. The molecule has 1 N–H and O–H groups in total. The SMILES string of the molecule is CN=c1ncn(Cc2c(Cl)cccc2Cl)c2nc[nH]c12. The topological polar surface area (TPSA) is 58.9 Å². The number of benzene rings is 1. The van der Waals surface area contributed by atoms with Crippen LogP contribution in [0.1, 0.15) is 5.56 Å². The van der Waals surface area contributed by atoms with E-state index in [-0.39, 0.29) is 0 Å². The Morgan fingerprint density at radius 1 is 1.25 bits per heavy atom. The summed E-state index contributed by atoms with van der Waals surface area (Å²) >= 11 is 12.4. The van der Waals surface area contributed by atoms with E-state index in [2.05, 4.69) is 19.9 Å². The first-order valence-electron chi connectivity index (χ1n) is 5.95. The summed E-state index contributed by atoms with van der Waals surface area (Å²) in [5.74, 6) is 0. The predicted octanol–water partition coefficient (Wildman–Crippen LogP) is 2.64. The Bertz CT molecular complexity index is 814. The van der Waals surface area contributed by atoms with Gasteiger partial charge in [-0.05, 0) is 12.1 Å². The number of rotatable bonds is 2. The second-order valence-electron chi connectivity index (χ2n) is 4.22. The van der Waals surface area contributed by atoms with Crippen molar-refractivity contribution in [3.05, 3.63) is 52.0 Å². The number of hydrogen-bond donors (Lipinski definition) is 1. The smallest absolute Gasteiger partial charge is 0.176 e. The fraction of sp³-hybridized carbons (Fsp3) is 0.154. The van der Waals surface area contributed by atoms with Gasteiger partial charge in [-0.2, -0.15) is 0 Å². The normalized spacial score (nSPS) is 12.2. The van der Waals surface area contributed by atoms with E-state index in [4.69, 9.17) is 23.2 Å². The average Bonchev–Trinajstić information content (AvgIpc) is 2.92. The molecule has 0 saturated carbocycles. The van der Waals surface area contributed by atoms with Crippen molar-refractivity contribution in [1.29, 1.82) is 0 Å². The molecule has 0 unspecified atom stereocenters. The molecule has 5 nitrogen and oxygen atoms in total. The maximum atomic E-state index is 6.20. The summed E-state index contributed by atoms with van der Waals surface area (Å²) in [6.07, 6.45) is 3.30. The van der Waals surface area contributed by atoms with Gasteiger partial charge < -0.3 is 9.55 Å². The van der Waals surface area contributed by atoms with Crippen LogP contribution in [0.5, 0.6) is 0 Å². The zero-order valence-corrected chi connectivity index (χ0v) is 12.2. The number of hydrogen-bond acceptors (Lipinski definition) is 3. The summed E-state index contributed by atoms with van der Waals surface area (Å²) in [6, 6.07) is 5.45. The van der Waals surface area contributed by atoms with Gasteiger partial charge in [0.15, 0.2) is 11.1 Å². The number of nitrogens with one attached hydrogen (secondary N) is 1. The number of fused-ring (bicyclic) bond motifs is 1. The molecule has 7 heteroatoms. The Kier molecular flexibility index (Phi) is 3.46. The molecule has 0 fully saturated rings. The molecule has 0 spiro atoms. The third-order valence-electron chi connectivity index (χ3n) is 3.04. The highest BCUT2D eigenvalue weighted by Crippen LogP contribution is 2.25. The zero-order valence-electron chi connectivity index (χ0n) is 10.6. The fourth-order valence-electron chi connectivity index (χ4n) is 2.05. The van der Waals surface area contributed by atoms with Gasteiger partial charge in [-0.25, -0.2) is 9.97 Å². The second kappa shape index (κ2) is 5.26. The molecule has 2 heterocycles. The summed E-state index contributed by atoms with van der Waals surface area (Å²) in [7, 11) is 1.69. The van der Waals surface area contributed by atoms with E-state index in [9.17, 15) is 0 Å². The summed E-state index contributed by atoms with van der Waals surface area (Å²) in [5.41, 5.74) is 3.02. The molecule has 2 aromatic heterocycles. The molecule has 20 heavy (non-hydrogen) atoms. The molecule has 0 saturated heterocycles. The summed E-state index contributed by atoms with van der Waals surface area (Å²) in [6.45, 7) is 0.497. The van der Waals surface area contributed by atoms with Crippen molar-refractivity contribution in [2.75, 3.05) is 7.05 Å². The van der Waals surface area contributed by atoms with E-state index in [1.807, 2.05) is 22.8 Å². The first-order valence-corrected chi connectivity index (χ1v) is 6.70. The van der Waals surface area contributed by atoms with E-state index >= 15 is 0 Å². The highest BCUT2D eigenvalue weighted by Gasteiger charge is 2.10. The van der Waals surface area contributed by atoms with Crippen LogP contribution in [0.15, 0.2) is 35.8 Å². The van der Waals surface area contributed by atoms with Crippen LogP contribution >= 0.6 is 23.2 Å². The zero-order chi connectivity index (χ0) is 14.1. The standard InChI is InChI=1S/C13H11Cl2N5/c1-16-12-11-13(18-6-17-11)20(7-19-12)5-8-9(14)3-2-4-10(8)15/h2-4,6-7H,5H2,1H3,(H,17,18). The van der Waals surface area contributed by atoms with Gasteiger partial charge in [-0.1, -0.05) is 29.3 Å². The Balaban J connectivity index is 2.15. The predicted molar refractivity (Wildman–Crippen MR) is 78.9 cm³/mol. The first-order chi connectivity index (χ1) is 9.70. The minimum Gasteiger partial charge on any atom is -0.340 e. The lowest BCUT2D eigenvalue weighted by molar-refractivity contribution is 0.785. The quantitative estimate of drug-likeness (QED) is 0.791. The van der Waals surface area contributed by atoms with E-state index in [1.54, 1.807) is 19.7 Å². The molecular weight excluding hydrogens is 297 g/mol. The van der Waals surface area contributed by atoms with Crippen LogP contribution in [0.3, 0.4) is 0 Å². The van der Waals surface area contributed by atoms with E-state index in [1.165, 1.54) is 0 Å². The lowest BCUT2D eigenvalue weighted by Gasteiger charge is -2.10. The minimum atomic E-state index is 0.497. The van der Waals surface area contributed by atoms with Crippen molar-refractivity contribution in [1.82, 2.24) is 19.5 Å². The van der Waals surface area contributed by atoms with Crippen LogP contribution in [-0.2, 0) is 6.54 Å². The van der Waals surface area contributed by atoms with Gasteiger partial charge >= 0.3 is 0 Å². The van der Waals surface area contributed by atoms with E-state index < -0.39 is 0 Å². The monoisotopic (exact) mass is 307 g/mol. The van der Waals surface area contributed by atoms with Crippen molar-refractivity contribution >= 4 is 34.4 Å². The lowest BCUT2D eigenvalue weighted by Crippen LogP contribution is -2.14. The molecule has 1 aromatic carbocycles. The van der Waals surface area contributed by atoms with Crippen molar-refractivity contribution in [3.63, 3.8) is 0 Å². The highest BCUT2D eigenvalue weighted by atomic mass is 35.5. The second-order valence-corrected chi connectivity index (χ2v) is 5.04. The van der Waals surface area contributed by atoms with Crippen LogP contribution in [0.25, 0.3) is 11.2 Å². The van der Waals surface area contributed by atoms with Crippen LogP contribution < -0.4 is 5.49 Å². The third kappa shape index (κ3) is 2.19. The maximum absolute atomic E-state index is 6.20. The van der Waals surface area contributed by atoms with Crippen molar-refractivity contribution in [2.45, 2.75) is 6.54 Å². The maximum Gasteiger partial charge on any atom is 0.176 e. The van der Waals surface area contributed by atoms with Gasteiger partial charge in [0, 0.05) is 22.7 Å². The fourth-order valence-corrected chi connectivity index (χ4v) is 2.57. The summed E-state index contributed by atoms with van der Waals surface area (Å²) in [5, 5.41) is 1.25. The first kappa shape index (κ1) is 13.1. The number of halogens is 2. The Hall–Kier alpha value is -1.85.